The second-order valence-corrected chi connectivity index (χ2v) is 6.36. The van der Waals surface area contributed by atoms with Gasteiger partial charge in [-0.05, 0) is 49.6 Å². The molecule has 1 aromatic heterocycles. The van der Waals surface area contributed by atoms with Crippen LogP contribution in [0.3, 0.4) is 0 Å². The maximum absolute atomic E-state index is 6.58. The zero-order valence-electron chi connectivity index (χ0n) is 11.1. The van der Waals surface area contributed by atoms with Crippen molar-refractivity contribution >= 4 is 22.9 Å². The van der Waals surface area contributed by atoms with Crippen LogP contribution in [-0.2, 0) is 0 Å². The number of halogens is 1. The maximum Gasteiger partial charge on any atom is 0.122 e. The number of ether oxygens (including phenoxy) is 1. The first-order chi connectivity index (χ1) is 8.52. The second-order valence-electron chi connectivity index (χ2n) is 4.46. The number of hydrogen-bond acceptors (Lipinski definition) is 2. The Kier molecular flexibility index (Phi) is 3.98. The maximum atomic E-state index is 6.58. The molecular weight excluding hydrogens is 264 g/mol. The van der Waals surface area contributed by atoms with Crippen molar-refractivity contribution in [3.8, 4) is 5.75 Å². The number of benzene rings is 1. The van der Waals surface area contributed by atoms with E-state index in [0.717, 1.165) is 16.9 Å². The van der Waals surface area contributed by atoms with Gasteiger partial charge in [0.25, 0.3) is 0 Å². The van der Waals surface area contributed by atoms with Crippen LogP contribution in [0.15, 0.2) is 24.3 Å². The van der Waals surface area contributed by atoms with Gasteiger partial charge in [0.2, 0.25) is 0 Å². The molecule has 1 atom stereocenters. The van der Waals surface area contributed by atoms with E-state index in [1.54, 1.807) is 18.4 Å². The Balaban J connectivity index is 2.39. The van der Waals surface area contributed by atoms with E-state index in [1.165, 1.54) is 15.3 Å². The van der Waals surface area contributed by atoms with Crippen molar-refractivity contribution in [2.24, 2.45) is 0 Å². The fraction of sp³-hybridized carbons (Fsp3) is 0.333. The van der Waals surface area contributed by atoms with E-state index in [0.29, 0.717) is 0 Å². The summed E-state index contributed by atoms with van der Waals surface area (Å²) in [5.41, 5.74) is 3.41. The minimum absolute atomic E-state index is 0.107. The normalized spacial score (nSPS) is 12.5. The molecule has 0 saturated heterocycles. The molecule has 1 heterocycles. The van der Waals surface area contributed by atoms with Gasteiger partial charge in [0, 0.05) is 9.75 Å². The molecule has 2 rings (SSSR count). The monoisotopic (exact) mass is 280 g/mol. The summed E-state index contributed by atoms with van der Waals surface area (Å²) in [6, 6.07) is 8.32. The largest absolute Gasteiger partial charge is 0.496 e. The number of thiophene rings is 1. The van der Waals surface area contributed by atoms with Crippen LogP contribution in [0.25, 0.3) is 0 Å². The zero-order valence-corrected chi connectivity index (χ0v) is 12.7. The Morgan fingerprint density at radius 1 is 1.17 bits per heavy atom. The van der Waals surface area contributed by atoms with Crippen molar-refractivity contribution in [2.75, 3.05) is 7.11 Å². The fourth-order valence-electron chi connectivity index (χ4n) is 2.08. The quantitative estimate of drug-likeness (QED) is 0.718. The first-order valence-electron chi connectivity index (χ1n) is 5.88. The molecule has 0 aliphatic carbocycles. The highest BCUT2D eigenvalue weighted by Gasteiger charge is 2.16. The number of methoxy groups -OCH3 is 1. The van der Waals surface area contributed by atoms with Crippen LogP contribution in [0, 0.1) is 20.8 Å². The van der Waals surface area contributed by atoms with Crippen LogP contribution in [0.5, 0.6) is 5.75 Å². The van der Waals surface area contributed by atoms with E-state index in [4.69, 9.17) is 16.3 Å². The number of aryl methyl sites for hydroxylation is 3. The molecule has 0 spiro atoms. The Labute approximate surface area is 117 Å². The van der Waals surface area contributed by atoms with Gasteiger partial charge in [-0.15, -0.1) is 22.9 Å². The van der Waals surface area contributed by atoms with Crippen molar-refractivity contribution in [1.29, 1.82) is 0 Å². The van der Waals surface area contributed by atoms with Gasteiger partial charge in [-0.2, -0.15) is 0 Å². The van der Waals surface area contributed by atoms with Crippen molar-refractivity contribution in [1.82, 2.24) is 0 Å². The molecule has 1 unspecified atom stereocenters. The lowest BCUT2D eigenvalue weighted by molar-refractivity contribution is 0.411. The molecule has 1 aromatic carbocycles. The van der Waals surface area contributed by atoms with Gasteiger partial charge in [-0.3, -0.25) is 0 Å². The molecule has 96 valence electrons. The molecule has 0 amide bonds. The molecule has 3 heteroatoms. The highest BCUT2D eigenvalue weighted by Crippen LogP contribution is 2.36. The lowest BCUT2D eigenvalue weighted by atomic mass is 10.0. The average Bonchev–Trinajstić information content (AvgIpc) is 2.68. The molecule has 1 nitrogen and oxygen atoms in total. The predicted octanol–water partition coefficient (Wildman–Crippen LogP) is 5.01. The van der Waals surface area contributed by atoms with Crippen molar-refractivity contribution < 1.29 is 4.74 Å². The molecule has 0 bridgehead atoms. The Morgan fingerprint density at radius 3 is 2.44 bits per heavy atom. The summed E-state index contributed by atoms with van der Waals surface area (Å²) in [5, 5.41) is -0.107. The van der Waals surface area contributed by atoms with Crippen LogP contribution in [0.4, 0.5) is 0 Å². The van der Waals surface area contributed by atoms with Crippen molar-refractivity contribution in [3.05, 3.63) is 50.7 Å². The van der Waals surface area contributed by atoms with Gasteiger partial charge in [-0.25, -0.2) is 0 Å². The van der Waals surface area contributed by atoms with E-state index in [1.807, 2.05) is 13.0 Å². The molecule has 18 heavy (non-hydrogen) atoms. The van der Waals surface area contributed by atoms with Gasteiger partial charge in [0.15, 0.2) is 0 Å². The average molecular weight is 281 g/mol. The molecule has 0 radical (unpaired) electrons. The highest BCUT2D eigenvalue weighted by atomic mass is 35.5. The topological polar surface area (TPSA) is 9.23 Å². The molecule has 0 aliphatic rings. The SMILES string of the molecule is COc1cc(C(Cl)c2cc(C)sc2C)ccc1C. The Bertz CT molecular complexity index is 560. The summed E-state index contributed by atoms with van der Waals surface area (Å²) >= 11 is 8.37. The summed E-state index contributed by atoms with van der Waals surface area (Å²) in [4.78, 5) is 2.58. The summed E-state index contributed by atoms with van der Waals surface area (Å²) in [6.45, 7) is 6.26. The smallest absolute Gasteiger partial charge is 0.122 e. The molecule has 0 N–H and O–H groups in total. The number of rotatable bonds is 3. The summed E-state index contributed by atoms with van der Waals surface area (Å²) in [5.74, 6) is 0.891. The van der Waals surface area contributed by atoms with Gasteiger partial charge in [0.1, 0.15) is 5.75 Å². The molecule has 0 fully saturated rings. The van der Waals surface area contributed by atoms with E-state index in [-0.39, 0.29) is 5.38 Å². The summed E-state index contributed by atoms with van der Waals surface area (Å²) < 4.78 is 5.35. The predicted molar refractivity (Wildman–Crippen MR) is 79.2 cm³/mol. The van der Waals surface area contributed by atoms with Crippen LogP contribution in [-0.4, -0.2) is 7.11 Å². The number of hydrogen-bond donors (Lipinski definition) is 0. The second kappa shape index (κ2) is 5.33. The highest BCUT2D eigenvalue weighted by molar-refractivity contribution is 7.12. The fourth-order valence-corrected chi connectivity index (χ4v) is 3.47. The lowest BCUT2D eigenvalue weighted by Gasteiger charge is -2.12. The van der Waals surface area contributed by atoms with Crippen LogP contribution in [0.1, 0.15) is 31.8 Å². The summed E-state index contributed by atoms with van der Waals surface area (Å²) in [7, 11) is 1.69. The van der Waals surface area contributed by atoms with E-state index in [2.05, 4.69) is 32.0 Å². The van der Waals surface area contributed by atoms with E-state index in [9.17, 15) is 0 Å². The third-order valence-corrected chi connectivity index (χ3v) is 4.55. The molecule has 2 aromatic rings. The molecular formula is C15H17ClOS. The van der Waals surface area contributed by atoms with Crippen molar-refractivity contribution in [2.45, 2.75) is 26.1 Å². The molecule has 0 aliphatic heterocycles. The zero-order chi connectivity index (χ0) is 13.3. The van der Waals surface area contributed by atoms with Crippen LogP contribution >= 0.6 is 22.9 Å². The van der Waals surface area contributed by atoms with E-state index < -0.39 is 0 Å². The lowest BCUT2D eigenvalue weighted by Crippen LogP contribution is -1.95. The Hall–Kier alpha value is -0.990. The van der Waals surface area contributed by atoms with Gasteiger partial charge >= 0.3 is 0 Å². The van der Waals surface area contributed by atoms with Crippen LogP contribution < -0.4 is 4.74 Å². The first kappa shape index (κ1) is 13.4. The summed E-state index contributed by atoms with van der Waals surface area (Å²) in [6.07, 6.45) is 0. The minimum Gasteiger partial charge on any atom is -0.496 e. The standard InChI is InChI=1S/C15H17ClOS/c1-9-5-6-12(8-14(9)17-4)15(16)13-7-10(2)18-11(13)3/h5-8,15H,1-4H3. The van der Waals surface area contributed by atoms with Crippen molar-refractivity contribution in [3.63, 3.8) is 0 Å². The van der Waals surface area contributed by atoms with E-state index >= 15 is 0 Å². The number of alkyl halides is 1. The minimum atomic E-state index is -0.107. The van der Waals surface area contributed by atoms with Gasteiger partial charge < -0.3 is 4.74 Å². The third kappa shape index (κ3) is 2.55. The third-order valence-electron chi connectivity index (χ3n) is 3.08. The molecule has 0 saturated carbocycles. The van der Waals surface area contributed by atoms with Gasteiger partial charge in [-0.1, -0.05) is 12.1 Å². The van der Waals surface area contributed by atoms with Gasteiger partial charge in [0.05, 0.1) is 12.5 Å². The first-order valence-corrected chi connectivity index (χ1v) is 7.13. The van der Waals surface area contributed by atoms with Crippen LogP contribution in [0.2, 0.25) is 0 Å². The Morgan fingerprint density at radius 2 is 1.89 bits per heavy atom.